The van der Waals surface area contributed by atoms with E-state index in [9.17, 15) is 4.79 Å². The summed E-state index contributed by atoms with van der Waals surface area (Å²) in [6.07, 6.45) is 0.265. The van der Waals surface area contributed by atoms with E-state index in [-0.39, 0.29) is 36.0 Å². The number of aliphatic imine (C=N–C) groups is 1. The molecule has 0 saturated carbocycles. The number of guanidine groups is 1. The zero-order chi connectivity index (χ0) is 15.7. The van der Waals surface area contributed by atoms with Crippen molar-refractivity contribution in [2.75, 3.05) is 20.1 Å². The summed E-state index contributed by atoms with van der Waals surface area (Å²) in [6, 6.07) is 4.19. The minimum atomic E-state index is -0.195. The Bertz CT molecular complexity index is 450. The molecule has 22 heavy (non-hydrogen) atoms. The zero-order valence-corrected chi connectivity index (χ0v) is 16.7. The fourth-order valence-electron chi connectivity index (χ4n) is 1.75. The molecular formula is C15H26IN3O2S. The van der Waals surface area contributed by atoms with Crippen LogP contribution in [0.25, 0.3) is 0 Å². The van der Waals surface area contributed by atoms with Gasteiger partial charge in [-0.2, -0.15) is 0 Å². The molecule has 0 aliphatic rings. The van der Waals surface area contributed by atoms with E-state index < -0.39 is 0 Å². The maximum Gasteiger partial charge on any atom is 0.307 e. The van der Waals surface area contributed by atoms with E-state index in [4.69, 9.17) is 4.74 Å². The van der Waals surface area contributed by atoms with Gasteiger partial charge in [-0.25, -0.2) is 0 Å². The van der Waals surface area contributed by atoms with Crippen molar-refractivity contribution in [3.8, 4) is 0 Å². The molecule has 1 aromatic heterocycles. The van der Waals surface area contributed by atoms with E-state index in [0.717, 1.165) is 6.54 Å². The molecular weight excluding hydrogens is 413 g/mol. The highest BCUT2D eigenvalue weighted by Gasteiger charge is 2.08. The van der Waals surface area contributed by atoms with Gasteiger partial charge in [-0.3, -0.25) is 9.79 Å². The number of carbonyl (C=O) groups is 1. The van der Waals surface area contributed by atoms with Crippen molar-refractivity contribution in [1.82, 2.24) is 10.6 Å². The molecule has 0 saturated heterocycles. The first-order valence-electron chi connectivity index (χ1n) is 7.20. The van der Waals surface area contributed by atoms with Crippen LogP contribution in [0, 0.1) is 0 Å². The van der Waals surface area contributed by atoms with Gasteiger partial charge in [-0.1, -0.05) is 13.0 Å². The van der Waals surface area contributed by atoms with E-state index >= 15 is 0 Å². The molecule has 0 radical (unpaired) electrons. The molecule has 0 aromatic carbocycles. The Hall–Kier alpha value is -0.830. The lowest BCUT2D eigenvalue weighted by atomic mass is 10.1. The third-order valence-electron chi connectivity index (χ3n) is 2.82. The van der Waals surface area contributed by atoms with Crippen molar-refractivity contribution >= 4 is 47.2 Å². The van der Waals surface area contributed by atoms with Gasteiger partial charge in [0.15, 0.2) is 5.96 Å². The summed E-state index contributed by atoms with van der Waals surface area (Å²) < 4.78 is 5.07. The first-order valence-corrected chi connectivity index (χ1v) is 8.08. The number of nitrogens with zero attached hydrogens (tertiary/aromatic N) is 1. The Morgan fingerprint density at radius 2 is 2.09 bits per heavy atom. The lowest BCUT2D eigenvalue weighted by Gasteiger charge is -2.15. The topological polar surface area (TPSA) is 62.7 Å². The van der Waals surface area contributed by atoms with Gasteiger partial charge in [0.05, 0.1) is 12.5 Å². The van der Waals surface area contributed by atoms with E-state index in [2.05, 4.69) is 40.1 Å². The molecule has 0 spiro atoms. The Morgan fingerprint density at radius 3 is 2.64 bits per heavy atom. The van der Waals surface area contributed by atoms with Crippen molar-refractivity contribution in [2.45, 2.75) is 39.2 Å². The Labute approximate surface area is 154 Å². The number of esters is 1. The summed E-state index contributed by atoms with van der Waals surface area (Å²) in [5.74, 6) is 0.935. The number of carbonyl (C=O) groups excluding carboxylic acids is 1. The summed E-state index contributed by atoms with van der Waals surface area (Å²) in [4.78, 5) is 16.9. The first kappa shape index (κ1) is 21.2. The van der Waals surface area contributed by atoms with Crippen LogP contribution in [0.4, 0.5) is 0 Å². The summed E-state index contributed by atoms with van der Waals surface area (Å²) in [7, 11) is 1.72. The molecule has 2 N–H and O–H groups in total. The second-order valence-electron chi connectivity index (χ2n) is 5.08. The molecule has 7 heteroatoms. The van der Waals surface area contributed by atoms with Crippen LogP contribution in [-0.2, 0) is 9.53 Å². The van der Waals surface area contributed by atoms with Crippen molar-refractivity contribution in [2.24, 2.45) is 4.99 Å². The second-order valence-corrected chi connectivity index (χ2v) is 6.06. The highest BCUT2D eigenvalue weighted by molar-refractivity contribution is 14.0. The average molecular weight is 439 g/mol. The van der Waals surface area contributed by atoms with Gasteiger partial charge in [0.1, 0.15) is 0 Å². The van der Waals surface area contributed by atoms with Crippen LogP contribution >= 0.6 is 35.3 Å². The Kier molecular flexibility index (Phi) is 11.3. The number of hydrogen-bond donors (Lipinski definition) is 2. The molecule has 1 atom stereocenters. The minimum absolute atomic E-state index is 0. The molecule has 1 heterocycles. The molecule has 0 amide bonds. The van der Waals surface area contributed by atoms with Gasteiger partial charge in [-0.05, 0) is 25.3 Å². The fraction of sp³-hybridized carbons (Fsp3) is 0.600. The van der Waals surface area contributed by atoms with Gasteiger partial charge < -0.3 is 15.4 Å². The van der Waals surface area contributed by atoms with Crippen LogP contribution in [0.5, 0.6) is 0 Å². The molecule has 5 nitrogen and oxygen atoms in total. The maximum absolute atomic E-state index is 11.4. The van der Waals surface area contributed by atoms with E-state index in [0.29, 0.717) is 24.8 Å². The standard InChI is InChI=1S/C15H25N3O2S.HI/c1-11(2)20-14(19)7-8-17-15(16-4)18-10-12(3)13-6-5-9-21-13;/h5-6,9,11-12H,7-8,10H2,1-4H3,(H2,16,17,18);1H. The van der Waals surface area contributed by atoms with Gasteiger partial charge in [0.25, 0.3) is 0 Å². The Balaban J connectivity index is 0.00000441. The highest BCUT2D eigenvalue weighted by atomic mass is 127. The summed E-state index contributed by atoms with van der Waals surface area (Å²) in [6.45, 7) is 7.18. The summed E-state index contributed by atoms with van der Waals surface area (Å²) in [5.41, 5.74) is 0. The van der Waals surface area contributed by atoms with Crippen molar-refractivity contribution in [3.05, 3.63) is 22.4 Å². The largest absolute Gasteiger partial charge is 0.463 e. The van der Waals surface area contributed by atoms with E-state index in [1.165, 1.54) is 4.88 Å². The number of halogens is 1. The van der Waals surface area contributed by atoms with Crippen LogP contribution in [0.3, 0.4) is 0 Å². The quantitative estimate of drug-likeness (QED) is 0.297. The molecule has 1 rings (SSSR count). The smallest absolute Gasteiger partial charge is 0.307 e. The second kappa shape index (κ2) is 11.7. The van der Waals surface area contributed by atoms with Crippen LogP contribution in [0.1, 0.15) is 38.0 Å². The zero-order valence-electron chi connectivity index (χ0n) is 13.6. The number of thiophene rings is 1. The third-order valence-corrected chi connectivity index (χ3v) is 3.92. The fourth-order valence-corrected chi connectivity index (χ4v) is 2.53. The van der Waals surface area contributed by atoms with Crippen LogP contribution < -0.4 is 10.6 Å². The number of hydrogen-bond acceptors (Lipinski definition) is 4. The van der Waals surface area contributed by atoms with Crippen molar-refractivity contribution < 1.29 is 9.53 Å². The van der Waals surface area contributed by atoms with Crippen molar-refractivity contribution in [3.63, 3.8) is 0 Å². The average Bonchev–Trinajstić information content (AvgIpc) is 2.95. The first-order chi connectivity index (χ1) is 10.0. The summed E-state index contributed by atoms with van der Waals surface area (Å²) >= 11 is 1.76. The summed E-state index contributed by atoms with van der Waals surface area (Å²) in [5, 5.41) is 8.46. The minimum Gasteiger partial charge on any atom is -0.463 e. The lowest BCUT2D eigenvalue weighted by molar-refractivity contribution is -0.147. The number of ether oxygens (including phenoxy) is 1. The maximum atomic E-state index is 11.4. The molecule has 0 fully saturated rings. The van der Waals surface area contributed by atoms with E-state index in [1.807, 2.05) is 13.8 Å². The number of rotatable bonds is 7. The van der Waals surface area contributed by atoms with Crippen LogP contribution in [0.2, 0.25) is 0 Å². The molecule has 0 bridgehead atoms. The SMILES string of the molecule is CN=C(NCCC(=O)OC(C)C)NCC(C)c1cccs1.I. The monoisotopic (exact) mass is 439 g/mol. The third kappa shape index (κ3) is 8.57. The predicted molar refractivity (Wildman–Crippen MR) is 103 cm³/mol. The van der Waals surface area contributed by atoms with Gasteiger partial charge in [-0.15, -0.1) is 35.3 Å². The predicted octanol–water partition coefficient (Wildman–Crippen LogP) is 2.98. The molecule has 0 aliphatic carbocycles. The van der Waals surface area contributed by atoms with Gasteiger partial charge in [0, 0.05) is 30.9 Å². The molecule has 1 unspecified atom stereocenters. The Morgan fingerprint density at radius 1 is 1.36 bits per heavy atom. The van der Waals surface area contributed by atoms with Crippen LogP contribution in [-0.4, -0.2) is 38.2 Å². The number of nitrogens with one attached hydrogen (secondary N) is 2. The normalized spacial score (nSPS) is 12.5. The van der Waals surface area contributed by atoms with Gasteiger partial charge in [0.2, 0.25) is 0 Å². The molecule has 1 aromatic rings. The van der Waals surface area contributed by atoms with E-state index in [1.54, 1.807) is 18.4 Å². The van der Waals surface area contributed by atoms with Crippen LogP contribution in [0.15, 0.2) is 22.5 Å². The molecule has 0 aliphatic heterocycles. The van der Waals surface area contributed by atoms with Gasteiger partial charge >= 0.3 is 5.97 Å². The highest BCUT2D eigenvalue weighted by Crippen LogP contribution is 2.19. The molecule has 126 valence electrons. The van der Waals surface area contributed by atoms with Crippen molar-refractivity contribution in [1.29, 1.82) is 0 Å². The lowest BCUT2D eigenvalue weighted by Crippen LogP contribution is -2.40.